The topological polar surface area (TPSA) is 29.3 Å². The minimum Gasteiger partial charge on any atom is -0.342 e. The lowest BCUT2D eigenvalue weighted by Crippen LogP contribution is -2.16. The van der Waals surface area contributed by atoms with Crippen LogP contribution in [0.1, 0.15) is 16.7 Å². The van der Waals surface area contributed by atoms with E-state index in [9.17, 15) is 4.39 Å². The van der Waals surface area contributed by atoms with Gasteiger partial charge in [0.15, 0.2) is 0 Å². The Morgan fingerprint density at radius 3 is 2.53 bits per heavy atom. The molecule has 100 valence electrons. The van der Waals surface area contributed by atoms with Gasteiger partial charge >= 0.3 is 0 Å². The predicted molar refractivity (Wildman–Crippen MR) is 78.3 cm³/mol. The Labute approximate surface area is 113 Å². The molecule has 19 heavy (non-hydrogen) atoms. The zero-order chi connectivity index (χ0) is 14.0. The van der Waals surface area contributed by atoms with Crippen molar-refractivity contribution in [1.29, 1.82) is 0 Å². The smallest absolute Gasteiger partial charge is 0.147 e. The van der Waals surface area contributed by atoms with E-state index in [0.717, 1.165) is 16.8 Å². The number of aryl methyl sites for hydroxylation is 2. The van der Waals surface area contributed by atoms with Gasteiger partial charge in [-0.15, -0.1) is 0 Å². The van der Waals surface area contributed by atoms with Crippen molar-refractivity contribution in [2.24, 2.45) is 5.73 Å². The molecule has 2 N–H and O–H groups in total. The number of halogens is 1. The van der Waals surface area contributed by atoms with Crippen LogP contribution in [0.4, 0.5) is 15.8 Å². The summed E-state index contributed by atoms with van der Waals surface area (Å²) in [6.07, 6.45) is 0. The first kappa shape index (κ1) is 13.6. The Bertz CT molecular complexity index is 593. The molecule has 0 aliphatic heterocycles. The second kappa shape index (κ2) is 5.41. The Kier molecular flexibility index (Phi) is 3.86. The van der Waals surface area contributed by atoms with Crippen molar-refractivity contribution in [3.8, 4) is 0 Å². The molecule has 2 aromatic rings. The quantitative estimate of drug-likeness (QED) is 0.910. The Balaban J connectivity index is 2.52. The highest BCUT2D eigenvalue weighted by Crippen LogP contribution is 2.31. The van der Waals surface area contributed by atoms with Crippen molar-refractivity contribution < 1.29 is 4.39 Å². The predicted octanol–water partition coefficient (Wildman–Crippen LogP) is 3.67. The lowest BCUT2D eigenvalue weighted by Gasteiger charge is -2.24. The summed E-state index contributed by atoms with van der Waals surface area (Å²) in [4.78, 5) is 1.87. The molecule has 0 saturated heterocycles. The Morgan fingerprint density at radius 2 is 1.89 bits per heavy atom. The summed E-state index contributed by atoms with van der Waals surface area (Å²) < 4.78 is 14.1. The highest BCUT2D eigenvalue weighted by molar-refractivity contribution is 5.69. The first-order chi connectivity index (χ1) is 9.04. The van der Waals surface area contributed by atoms with Gasteiger partial charge in [-0.1, -0.05) is 29.8 Å². The average Bonchev–Trinajstić information content (AvgIpc) is 2.37. The number of hydrogen-bond acceptors (Lipinski definition) is 2. The monoisotopic (exact) mass is 258 g/mol. The Hall–Kier alpha value is -1.87. The molecule has 0 fully saturated rings. The number of rotatable bonds is 3. The third-order valence-corrected chi connectivity index (χ3v) is 3.34. The SMILES string of the molecule is Cc1ccc(N(C)c2c(F)cccc2CN)c(C)c1. The van der Waals surface area contributed by atoms with E-state index < -0.39 is 0 Å². The molecular formula is C16H19FN2. The molecule has 0 heterocycles. The lowest BCUT2D eigenvalue weighted by molar-refractivity contribution is 0.625. The van der Waals surface area contributed by atoms with Gasteiger partial charge < -0.3 is 10.6 Å². The van der Waals surface area contributed by atoms with Crippen molar-refractivity contribution >= 4 is 11.4 Å². The molecule has 0 atom stereocenters. The molecule has 3 heteroatoms. The van der Waals surface area contributed by atoms with Crippen LogP contribution in [0, 0.1) is 19.7 Å². The van der Waals surface area contributed by atoms with Crippen LogP contribution < -0.4 is 10.6 Å². The number of para-hydroxylation sites is 1. The van der Waals surface area contributed by atoms with E-state index in [2.05, 4.69) is 6.07 Å². The van der Waals surface area contributed by atoms with Crippen molar-refractivity contribution in [1.82, 2.24) is 0 Å². The molecule has 0 amide bonds. The summed E-state index contributed by atoms with van der Waals surface area (Å²) in [6.45, 7) is 4.40. The molecular weight excluding hydrogens is 239 g/mol. The minimum absolute atomic E-state index is 0.245. The van der Waals surface area contributed by atoms with Gasteiger partial charge in [-0.05, 0) is 37.1 Å². The number of nitrogens with zero attached hydrogens (tertiary/aromatic N) is 1. The minimum atomic E-state index is -0.245. The van der Waals surface area contributed by atoms with E-state index in [4.69, 9.17) is 5.73 Å². The van der Waals surface area contributed by atoms with Crippen LogP contribution in [0.25, 0.3) is 0 Å². The van der Waals surface area contributed by atoms with E-state index in [-0.39, 0.29) is 5.82 Å². The molecule has 0 bridgehead atoms. The van der Waals surface area contributed by atoms with Gasteiger partial charge in [0.05, 0.1) is 5.69 Å². The fourth-order valence-corrected chi connectivity index (χ4v) is 2.40. The van der Waals surface area contributed by atoms with Crippen molar-refractivity contribution in [3.63, 3.8) is 0 Å². The van der Waals surface area contributed by atoms with Gasteiger partial charge in [-0.25, -0.2) is 4.39 Å². The van der Waals surface area contributed by atoms with Gasteiger partial charge in [-0.2, -0.15) is 0 Å². The molecule has 0 aliphatic carbocycles. The number of anilines is 2. The van der Waals surface area contributed by atoms with E-state index in [1.54, 1.807) is 6.07 Å². The zero-order valence-corrected chi connectivity index (χ0v) is 11.6. The van der Waals surface area contributed by atoms with Crippen LogP contribution in [0.5, 0.6) is 0 Å². The van der Waals surface area contributed by atoms with Crippen LogP contribution >= 0.6 is 0 Å². The fraction of sp³-hybridized carbons (Fsp3) is 0.250. The van der Waals surface area contributed by atoms with Crippen LogP contribution in [0.2, 0.25) is 0 Å². The highest BCUT2D eigenvalue weighted by Gasteiger charge is 2.15. The Morgan fingerprint density at radius 1 is 1.16 bits per heavy atom. The van der Waals surface area contributed by atoms with Crippen molar-refractivity contribution in [2.75, 3.05) is 11.9 Å². The van der Waals surface area contributed by atoms with Gasteiger partial charge in [0.1, 0.15) is 5.82 Å². The van der Waals surface area contributed by atoms with E-state index in [1.807, 2.05) is 44.0 Å². The standard InChI is InChI=1S/C16H19FN2/c1-11-7-8-15(12(2)9-11)19(3)16-13(10-18)5-4-6-14(16)17/h4-9H,10,18H2,1-3H3. The molecule has 0 saturated carbocycles. The van der Waals surface area contributed by atoms with E-state index in [0.29, 0.717) is 12.2 Å². The molecule has 0 aliphatic rings. The zero-order valence-electron chi connectivity index (χ0n) is 11.6. The second-order valence-electron chi connectivity index (χ2n) is 4.80. The number of benzene rings is 2. The van der Waals surface area contributed by atoms with Gasteiger partial charge in [0.25, 0.3) is 0 Å². The summed E-state index contributed by atoms with van der Waals surface area (Å²) in [7, 11) is 1.87. The van der Waals surface area contributed by atoms with E-state index >= 15 is 0 Å². The third-order valence-electron chi connectivity index (χ3n) is 3.34. The second-order valence-corrected chi connectivity index (χ2v) is 4.80. The van der Waals surface area contributed by atoms with E-state index in [1.165, 1.54) is 11.6 Å². The number of hydrogen-bond donors (Lipinski definition) is 1. The van der Waals surface area contributed by atoms with Gasteiger partial charge in [0.2, 0.25) is 0 Å². The summed E-state index contributed by atoms with van der Waals surface area (Å²) in [5.41, 5.74) is 10.4. The molecule has 0 aromatic heterocycles. The van der Waals surface area contributed by atoms with Crippen molar-refractivity contribution in [2.45, 2.75) is 20.4 Å². The summed E-state index contributed by atoms with van der Waals surface area (Å²) in [5.74, 6) is -0.245. The summed E-state index contributed by atoms with van der Waals surface area (Å²) in [5, 5.41) is 0. The average molecular weight is 258 g/mol. The molecule has 2 aromatic carbocycles. The van der Waals surface area contributed by atoms with Crippen LogP contribution in [-0.2, 0) is 6.54 Å². The largest absolute Gasteiger partial charge is 0.342 e. The molecule has 0 radical (unpaired) electrons. The molecule has 2 nitrogen and oxygen atoms in total. The fourth-order valence-electron chi connectivity index (χ4n) is 2.40. The van der Waals surface area contributed by atoms with Crippen molar-refractivity contribution in [3.05, 3.63) is 58.9 Å². The first-order valence-electron chi connectivity index (χ1n) is 6.33. The van der Waals surface area contributed by atoms with Gasteiger partial charge in [-0.3, -0.25) is 0 Å². The first-order valence-corrected chi connectivity index (χ1v) is 6.33. The van der Waals surface area contributed by atoms with Crippen LogP contribution in [-0.4, -0.2) is 7.05 Å². The maximum absolute atomic E-state index is 14.1. The van der Waals surface area contributed by atoms with Crippen LogP contribution in [0.3, 0.4) is 0 Å². The summed E-state index contributed by atoms with van der Waals surface area (Å²) in [6, 6.07) is 11.2. The lowest BCUT2D eigenvalue weighted by atomic mass is 10.1. The molecule has 2 rings (SSSR count). The summed E-state index contributed by atoms with van der Waals surface area (Å²) >= 11 is 0. The maximum Gasteiger partial charge on any atom is 0.147 e. The maximum atomic E-state index is 14.1. The molecule has 0 spiro atoms. The normalized spacial score (nSPS) is 10.6. The van der Waals surface area contributed by atoms with Crippen LogP contribution in [0.15, 0.2) is 36.4 Å². The number of nitrogens with two attached hydrogens (primary N) is 1. The van der Waals surface area contributed by atoms with Gasteiger partial charge in [0, 0.05) is 19.3 Å². The molecule has 0 unspecified atom stereocenters. The third kappa shape index (κ3) is 2.61. The highest BCUT2D eigenvalue weighted by atomic mass is 19.1.